The minimum atomic E-state index is -1.04. The zero-order valence-electron chi connectivity index (χ0n) is 11.3. The second-order valence-electron chi connectivity index (χ2n) is 5.01. The molecule has 0 saturated carbocycles. The number of hydrogen-bond donors (Lipinski definition) is 2. The van der Waals surface area contributed by atoms with E-state index in [1.807, 2.05) is 18.2 Å². The van der Waals surface area contributed by atoms with Gasteiger partial charge in [0.1, 0.15) is 0 Å². The van der Waals surface area contributed by atoms with Crippen LogP contribution in [0.25, 0.3) is 0 Å². The van der Waals surface area contributed by atoms with Crippen LogP contribution in [0.5, 0.6) is 0 Å². The molecule has 1 aliphatic rings. The predicted octanol–water partition coefficient (Wildman–Crippen LogP) is 3.44. The van der Waals surface area contributed by atoms with Crippen molar-refractivity contribution in [1.82, 2.24) is 0 Å². The molecule has 0 aliphatic carbocycles. The largest absolute Gasteiger partial charge is 0.378 e. The van der Waals surface area contributed by atoms with E-state index in [4.69, 9.17) is 0 Å². The average molecular weight is 285 g/mol. The highest BCUT2D eigenvalue weighted by Gasteiger charge is 2.28. The molecule has 2 aromatic rings. The third-order valence-electron chi connectivity index (χ3n) is 3.40. The molecule has 102 valence electrons. The van der Waals surface area contributed by atoms with E-state index in [-0.39, 0.29) is 5.91 Å². The maximum Gasteiger partial charge on any atom is 0.257 e. The van der Waals surface area contributed by atoms with Crippen LogP contribution in [-0.4, -0.2) is 11.0 Å². The van der Waals surface area contributed by atoms with Gasteiger partial charge in [0.15, 0.2) is 6.10 Å². The van der Waals surface area contributed by atoms with E-state index >= 15 is 0 Å². The van der Waals surface area contributed by atoms with Crippen LogP contribution in [0.15, 0.2) is 46.2 Å². The van der Waals surface area contributed by atoms with E-state index in [2.05, 4.69) is 37.4 Å². The first-order valence-corrected chi connectivity index (χ1v) is 7.24. The summed E-state index contributed by atoms with van der Waals surface area (Å²) in [5.74, 6) is -0.353. The number of benzene rings is 2. The summed E-state index contributed by atoms with van der Waals surface area (Å²) < 4.78 is 0. The lowest BCUT2D eigenvalue weighted by molar-refractivity contribution is -0.123. The van der Waals surface area contributed by atoms with Crippen LogP contribution in [0.1, 0.15) is 22.8 Å². The number of amides is 1. The molecule has 1 atom stereocenters. The van der Waals surface area contributed by atoms with Crippen molar-refractivity contribution in [2.75, 3.05) is 5.32 Å². The Morgan fingerprint density at radius 1 is 1.15 bits per heavy atom. The molecule has 0 radical (unpaired) electrons. The van der Waals surface area contributed by atoms with Crippen LogP contribution in [0.2, 0.25) is 0 Å². The van der Waals surface area contributed by atoms with Gasteiger partial charge >= 0.3 is 0 Å². The van der Waals surface area contributed by atoms with Gasteiger partial charge in [-0.2, -0.15) is 0 Å². The molecule has 1 aliphatic heterocycles. The van der Waals surface area contributed by atoms with Gasteiger partial charge in [-0.15, -0.1) is 0 Å². The number of hydrogen-bond acceptors (Lipinski definition) is 3. The lowest BCUT2D eigenvalue weighted by Crippen LogP contribution is -2.10. The predicted molar refractivity (Wildman–Crippen MR) is 80.1 cm³/mol. The minimum Gasteiger partial charge on any atom is -0.378 e. The van der Waals surface area contributed by atoms with Crippen molar-refractivity contribution in [2.45, 2.75) is 29.7 Å². The van der Waals surface area contributed by atoms with E-state index in [0.717, 1.165) is 4.90 Å². The van der Waals surface area contributed by atoms with E-state index in [0.29, 0.717) is 11.3 Å². The topological polar surface area (TPSA) is 49.3 Å². The summed E-state index contributed by atoms with van der Waals surface area (Å²) in [5, 5.41) is 12.4. The van der Waals surface area contributed by atoms with Gasteiger partial charge in [0.05, 0.1) is 0 Å². The molecular weight excluding hydrogens is 270 g/mol. The highest BCUT2D eigenvalue weighted by Crippen LogP contribution is 2.37. The van der Waals surface area contributed by atoms with Gasteiger partial charge < -0.3 is 10.4 Å². The fourth-order valence-corrected chi connectivity index (χ4v) is 3.27. The molecule has 2 aromatic carbocycles. The van der Waals surface area contributed by atoms with E-state index in [1.54, 1.807) is 11.8 Å². The zero-order valence-corrected chi connectivity index (χ0v) is 12.1. The first kappa shape index (κ1) is 13.2. The summed E-state index contributed by atoms with van der Waals surface area (Å²) in [5.41, 5.74) is 3.81. The first-order valence-electron chi connectivity index (χ1n) is 6.42. The van der Waals surface area contributed by atoms with Gasteiger partial charge in [0.25, 0.3) is 5.91 Å². The van der Waals surface area contributed by atoms with Crippen molar-refractivity contribution >= 4 is 23.4 Å². The lowest BCUT2D eigenvalue weighted by Gasteiger charge is -2.08. The number of fused-ring (bicyclic) bond motifs is 1. The molecule has 0 saturated heterocycles. The average Bonchev–Trinajstić information content (AvgIpc) is 2.69. The second-order valence-corrected chi connectivity index (χ2v) is 6.13. The van der Waals surface area contributed by atoms with Crippen molar-refractivity contribution < 1.29 is 9.90 Å². The Balaban J connectivity index is 1.92. The van der Waals surface area contributed by atoms with Crippen LogP contribution >= 0.6 is 11.8 Å². The summed E-state index contributed by atoms with van der Waals surface area (Å²) in [6.07, 6.45) is -1.04. The second kappa shape index (κ2) is 4.96. The maximum absolute atomic E-state index is 11.4. The molecule has 0 fully saturated rings. The van der Waals surface area contributed by atoms with Crippen LogP contribution < -0.4 is 5.32 Å². The van der Waals surface area contributed by atoms with Crippen LogP contribution in [0.4, 0.5) is 5.69 Å². The highest BCUT2D eigenvalue weighted by atomic mass is 32.2. The van der Waals surface area contributed by atoms with Gasteiger partial charge in [-0.05, 0) is 43.2 Å². The molecular formula is C16H15NO2S. The molecule has 3 rings (SSSR count). The molecule has 0 spiro atoms. The fraction of sp³-hybridized carbons (Fsp3) is 0.188. The summed E-state index contributed by atoms with van der Waals surface area (Å²) in [6.45, 7) is 4.16. The van der Waals surface area contributed by atoms with Crippen molar-refractivity contribution in [3.05, 3.63) is 53.1 Å². The molecule has 0 aromatic heterocycles. The molecule has 0 bridgehead atoms. The standard InChI is InChI=1S/C16H15NO2S/c1-9-3-4-10(2)14(7-9)20-11-5-6-12-13(8-11)17-16(19)15(12)18/h3-8,15,18H,1-2H3,(H,17,19). The highest BCUT2D eigenvalue weighted by molar-refractivity contribution is 7.99. The number of nitrogens with one attached hydrogen (secondary N) is 1. The molecule has 4 heteroatoms. The third kappa shape index (κ3) is 2.32. The molecule has 1 amide bonds. The van der Waals surface area contributed by atoms with Crippen molar-refractivity contribution in [1.29, 1.82) is 0 Å². The Hall–Kier alpha value is -1.78. The van der Waals surface area contributed by atoms with Crippen molar-refractivity contribution in [2.24, 2.45) is 0 Å². The van der Waals surface area contributed by atoms with Crippen LogP contribution in [0.3, 0.4) is 0 Å². The Morgan fingerprint density at radius 2 is 1.95 bits per heavy atom. The maximum atomic E-state index is 11.4. The number of carbonyl (C=O) groups excluding carboxylic acids is 1. The Kier molecular flexibility index (Phi) is 3.28. The number of carbonyl (C=O) groups is 1. The molecule has 2 N–H and O–H groups in total. The van der Waals surface area contributed by atoms with Gasteiger partial charge in [-0.25, -0.2) is 0 Å². The quantitative estimate of drug-likeness (QED) is 0.888. The summed E-state index contributed by atoms with van der Waals surface area (Å²) in [7, 11) is 0. The number of aryl methyl sites for hydroxylation is 2. The van der Waals surface area contributed by atoms with Crippen LogP contribution in [0, 0.1) is 13.8 Å². The monoisotopic (exact) mass is 285 g/mol. The van der Waals surface area contributed by atoms with E-state index in [9.17, 15) is 9.90 Å². The van der Waals surface area contributed by atoms with E-state index in [1.165, 1.54) is 16.0 Å². The molecule has 20 heavy (non-hydrogen) atoms. The van der Waals surface area contributed by atoms with Crippen molar-refractivity contribution in [3.8, 4) is 0 Å². The number of aliphatic hydroxyl groups excluding tert-OH is 1. The third-order valence-corrected chi connectivity index (χ3v) is 4.55. The molecule has 1 unspecified atom stereocenters. The summed E-state index contributed by atoms with van der Waals surface area (Å²) >= 11 is 1.66. The van der Waals surface area contributed by atoms with Crippen molar-refractivity contribution in [3.63, 3.8) is 0 Å². The Morgan fingerprint density at radius 3 is 2.75 bits per heavy atom. The SMILES string of the molecule is Cc1ccc(C)c(Sc2ccc3c(c2)NC(=O)C3O)c1. The normalized spacial score (nSPS) is 16.9. The van der Waals surface area contributed by atoms with Gasteiger partial charge in [-0.3, -0.25) is 4.79 Å². The van der Waals surface area contributed by atoms with Gasteiger partial charge in [0.2, 0.25) is 0 Å². The lowest BCUT2D eigenvalue weighted by atomic mass is 10.1. The molecule has 3 nitrogen and oxygen atoms in total. The minimum absolute atomic E-state index is 0.353. The fourth-order valence-electron chi connectivity index (χ4n) is 2.23. The number of aliphatic hydroxyl groups is 1. The number of anilines is 1. The number of rotatable bonds is 2. The first-order chi connectivity index (χ1) is 9.54. The van der Waals surface area contributed by atoms with Gasteiger partial charge in [0, 0.05) is 21.0 Å². The Labute approximate surface area is 122 Å². The Bertz CT molecular complexity index is 697. The summed E-state index contributed by atoms with van der Waals surface area (Å²) in [4.78, 5) is 13.7. The van der Waals surface area contributed by atoms with E-state index < -0.39 is 6.10 Å². The van der Waals surface area contributed by atoms with Gasteiger partial charge in [-0.1, -0.05) is 30.0 Å². The smallest absolute Gasteiger partial charge is 0.257 e. The zero-order chi connectivity index (χ0) is 14.3. The van der Waals surface area contributed by atoms with Crippen LogP contribution in [-0.2, 0) is 4.79 Å². The summed E-state index contributed by atoms with van der Waals surface area (Å²) in [6, 6.07) is 12.0. The molecule has 1 heterocycles.